The molecule has 1 aromatic heterocycles. The zero-order chi connectivity index (χ0) is 14.8. The van der Waals surface area contributed by atoms with E-state index >= 15 is 0 Å². The van der Waals surface area contributed by atoms with Crippen LogP contribution in [-0.4, -0.2) is 8.42 Å². The second-order valence-corrected chi connectivity index (χ2v) is 7.83. The third-order valence-electron chi connectivity index (χ3n) is 2.69. The van der Waals surface area contributed by atoms with Gasteiger partial charge in [0.25, 0.3) is 0 Å². The summed E-state index contributed by atoms with van der Waals surface area (Å²) in [5.41, 5.74) is 0.953. The van der Waals surface area contributed by atoms with Gasteiger partial charge in [-0.3, -0.25) is 0 Å². The summed E-state index contributed by atoms with van der Waals surface area (Å²) in [5, 5.41) is 11.0. The van der Waals surface area contributed by atoms with Crippen LogP contribution in [0.4, 0.5) is 0 Å². The third kappa shape index (κ3) is 3.01. The highest BCUT2D eigenvalue weighted by Gasteiger charge is 2.21. The van der Waals surface area contributed by atoms with Crippen molar-refractivity contribution in [1.29, 1.82) is 5.26 Å². The predicted molar refractivity (Wildman–Crippen MR) is 84.0 cm³/mol. The number of sulfone groups is 1. The fourth-order valence-corrected chi connectivity index (χ4v) is 3.90. The molecule has 1 aromatic carbocycles. The zero-order valence-corrected chi connectivity index (χ0v) is 13.7. The van der Waals surface area contributed by atoms with E-state index in [1.165, 1.54) is 29.5 Å². The molecule has 0 N–H and O–H groups in total. The zero-order valence-electron chi connectivity index (χ0n) is 10.5. The SMILES string of the molecule is Cc1ccsc1/C=C(\C#N)S(=O)(=O)c1ccc(Br)cc1. The molecule has 0 saturated carbocycles. The first-order chi connectivity index (χ1) is 9.45. The van der Waals surface area contributed by atoms with Crippen molar-refractivity contribution in [2.75, 3.05) is 0 Å². The van der Waals surface area contributed by atoms with Gasteiger partial charge in [-0.15, -0.1) is 11.3 Å². The molecule has 3 nitrogen and oxygen atoms in total. The number of nitriles is 1. The first-order valence-corrected chi connectivity index (χ1v) is 8.77. The van der Waals surface area contributed by atoms with E-state index in [-0.39, 0.29) is 9.80 Å². The van der Waals surface area contributed by atoms with Crippen LogP contribution >= 0.6 is 27.3 Å². The van der Waals surface area contributed by atoms with Crippen LogP contribution < -0.4 is 0 Å². The van der Waals surface area contributed by atoms with Gasteiger partial charge in [0, 0.05) is 9.35 Å². The van der Waals surface area contributed by atoms with Gasteiger partial charge in [-0.1, -0.05) is 15.9 Å². The van der Waals surface area contributed by atoms with E-state index in [1.54, 1.807) is 18.2 Å². The molecule has 0 aliphatic rings. The first kappa shape index (κ1) is 15.0. The minimum Gasteiger partial charge on any atom is -0.218 e. The van der Waals surface area contributed by atoms with Gasteiger partial charge in [0.2, 0.25) is 9.84 Å². The smallest absolute Gasteiger partial charge is 0.216 e. The number of halogens is 1. The average Bonchev–Trinajstić information content (AvgIpc) is 2.81. The van der Waals surface area contributed by atoms with Gasteiger partial charge in [0.05, 0.1) is 4.90 Å². The number of hydrogen-bond acceptors (Lipinski definition) is 4. The number of rotatable bonds is 3. The van der Waals surface area contributed by atoms with Crippen molar-refractivity contribution in [2.24, 2.45) is 0 Å². The van der Waals surface area contributed by atoms with Crippen LogP contribution in [0, 0.1) is 18.3 Å². The number of aryl methyl sites for hydroxylation is 1. The Labute approximate surface area is 130 Å². The largest absolute Gasteiger partial charge is 0.218 e. The molecule has 0 aliphatic carbocycles. The lowest BCUT2D eigenvalue weighted by Gasteiger charge is -2.03. The number of hydrogen-bond donors (Lipinski definition) is 0. The van der Waals surface area contributed by atoms with Crippen molar-refractivity contribution in [2.45, 2.75) is 11.8 Å². The Morgan fingerprint density at radius 2 is 1.95 bits per heavy atom. The summed E-state index contributed by atoms with van der Waals surface area (Å²) in [4.78, 5) is 0.648. The van der Waals surface area contributed by atoms with E-state index in [4.69, 9.17) is 5.26 Å². The van der Waals surface area contributed by atoms with Crippen molar-refractivity contribution in [3.63, 3.8) is 0 Å². The number of benzene rings is 1. The van der Waals surface area contributed by atoms with Crippen LogP contribution in [0.2, 0.25) is 0 Å². The molecule has 0 radical (unpaired) electrons. The van der Waals surface area contributed by atoms with E-state index in [9.17, 15) is 8.42 Å². The topological polar surface area (TPSA) is 57.9 Å². The van der Waals surface area contributed by atoms with Crippen molar-refractivity contribution in [3.8, 4) is 6.07 Å². The molecule has 102 valence electrons. The lowest BCUT2D eigenvalue weighted by Crippen LogP contribution is -2.03. The fraction of sp³-hybridized carbons (Fsp3) is 0.0714. The lowest BCUT2D eigenvalue weighted by atomic mass is 10.3. The van der Waals surface area contributed by atoms with Crippen LogP contribution in [0.15, 0.2) is 50.0 Å². The highest BCUT2D eigenvalue weighted by Crippen LogP contribution is 2.25. The van der Waals surface area contributed by atoms with Gasteiger partial charge in [0.1, 0.15) is 6.07 Å². The summed E-state index contributed by atoms with van der Waals surface area (Å²) in [5.74, 6) is 0. The summed E-state index contributed by atoms with van der Waals surface area (Å²) in [6.45, 7) is 1.88. The maximum atomic E-state index is 12.4. The Kier molecular flexibility index (Phi) is 4.43. The van der Waals surface area contributed by atoms with Crippen molar-refractivity contribution < 1.29 is 8.42 Å². The average molecular weight is 368 g/mol. The first-order valence-electron chi connectivity index (χ1n) is 5.61. The Morgan fingerprint density at radius 1 is 1.30 bits per heavy atom. The Hall–Kier alpha value is -1.42. The molecule has 0 aliphatic heterocycles. The summed E-state index contributed by atoms with van der Waals surface area (Å²) < 4.78 is 25.6. The molecule has 1 heterocycles. The molecule has 0 amide bonds. The van der Waals surface area contributed by atoms with Crippen LogP contribution in [0.5, 0.6) is 0 Å². The lowest BCUT2D eigenvalue weighted by molar-refractivity contribution is 0.603. The second kappa shape index (κ2) is 5.92. The highest BCUT2D eigenvalue weighted by atomic mass is 79.9. The minimum atomic E-state index is -3.77. The number of thiophene rings is 1. The molecule has 0 saturated heterocycles. The van der Waals surface area contributed by atoms with Crippen molar-refractivity contribution >= 4 is 43.2 Å². The molecule has 0 fully saturated rings. The summed E-state index contributed by atoms with van der Waals surface area (Å²) >= 11 is 4.66. The van der Waals surface area contributed by atoms with E-state index in [2.05, 4.69) is 15.9 Å². The molecule has 0 atom stereocenters. The third-order valence-corrected chi connectivity index (χ3v) is 5.86. The Bertz CT molecular complexity index is 796. The van der Waals surface area contributed by atoms with Crippen molar-refractivity contribution in [3.05, 3.63) is 55.5 Å². The van der Waals surface area contributed by atoms with E-state index < -0.39 is 9.84 Å². The quantitative estimate of drug-likeness (QED) is 0.765. The number of nitrogens with zero attached hydrogens (tertiary/aromatic N) is 1. The molecular weight excluding hydrogens is 358 g/mol. The van der Waals surface area contributed by atoms with E-state index in [0.29, 0.717) is 0 Å². The van der Waals surface area contributed by atoms with Crippen LogP contribution in [0.1, 0.15) is 10.4 Å². The molecule has 2 aromatic rings. The Morgan fingerprint density at radius 3 is 2.45 bits per heavy atom. The Balaban J connectivity index is 2.52. The normalized spacial score (nSPS) is 12.2. The molecule has 20 heavy (non-hydrogen) atoms. The fourth-order valence-electron chi connectivity index (χ4n) is 1.56. The maximum Gasteiger partial charge on any atom is 0.216 e. The standard InChI is InChI=1S/C14H10BrNO2S2/c1-10-6-7-19-14(10)8-13(9-16)20(17,18)12-4-2-11(15)3-5-12/h2-8H,1H3/b13-8+. The summed E-state index contributed by atoms with van der Waals surface area (Å²) in [6, 6.07) is 9.91. The van der Waals surface area contributed by atoms with Gasteiger partial charge in [0.15, 0.2) is 4.91 Å². The number of allylic oxidation sites excluding steroid dienone is 1. The molecule has 0 spiro atoms. The van der Waals surface area contributed by atoms with Gasteiger partial charge in [-0.05, 0) is 54.3 Å². The molecule has 0 bridgehead atoms. The van der Waals surface area contributed by atoms with Crippen molar-refractivity contribution in [1.82, 2.24) is 0 Å². The monoisotopic (exact) mass is 367 g/mol. The molecule has 2 rings (SSSR count). The van der Waals surface area contributed by atoms with Crippen LogP contribution in [0.3, 0.4) is 0 Å². The van der Waals surface area contributed by atoms with Gasteiger partial charge in [-0.2, -0.15) is 5.26 Å². The highest BCUT2D eigenvalue weighted by molar-refractivity contribution is 9.10. The van der Waals surface area contributed by atoms with E-state index in [0.717, 1.165) is 14.9 Å². The summed E-state index contributed by atoms with van der Waals surface area (Å²) in [7, 11) is -3.77. The van der Waals surface area contributed by atoms with Crippen LogP contribution in [-0.2, 0) is 9.84 Å². The summed E-state index contributed by atoms with van der Waals surface area (Å²) in [6.07, 6.45) is 1.43. The van der Waals surface area contributed by atoms with Gasteiger partial charge in [-0.25, -0.2) is 8.42 Å². The maximum absolute atomic E-state index is 12.4. The van der Waals surface area contributed by atoms with Gasteiger partial charge >= 0.3 is 0 Å². The minimum absolute atomic E-state index is 0.114. The predicted octanol–water partition coefficient (Wildman–Crippen LogP) is 4.16. The second-order valence-electron chi connectivity index (χ2n) is 4.05. The molecular formula is C14H10BrNO2S2. The van der Waals surface area contributed by atoms with E-state index in [1.807, 2.05) is 18.4 Å². The van der Waals surface area contributed by atoms with Gasteiger partial charge < -0.3 is 0 Å². The van der Waals surface area contributed by atoms with Crippen LogP contribution in [0.25, 0.3) is 6.08 Å². The molecule has 6 heteroatoms. The molecule has 0 unspecified atom stereocenters.